The van der Waals surface area contributed by atoms with Gasteiger partial charge in [-0.05, 0) is 12.5 Å². The summed E-state index contributed by atoms with van der Waals surface area (Å²) < 4.78 is 0. The maximum absolute atomic E-state index is 11.7. The molecule has 0 unspecified atom stereocenters. The summed E-state index contributed by atoms with van der Waals surface area (Å²) >= 11 is 0. The Bertz CT molecular complexity index is 412. The van der Waals surface area contributed by atoms with Crippen molar-refractivity contribution in [2.75, 3.05) is 6.54 Å². The molecule has 0 atom stereocenters. The lowest BCUT2D eigenvalue weighted by Gasteiger charge is -2.04. The van der Waals surface area contributed by atoms with Gasteiger partial charge in [0.1, 0.15) is 5.69 Å². The lowest BCUT2D eigenvalue weighted by molar-refractivity contribution is 0.0947. The van der Waals surface area contributed by atoms with E-state index in [0.717, 1.165) is 12.8 Å². The predicted molar refractivity (Wildman–Crippen MR) is 72.8 cm³/mol. The molecule has 100 valence electrons. The fourth-order valence-corrected chi connectivity index (χ4v) is 1.78. The van der Waals surface area contributed by atoms with Crippen LogP contribution in [0, 0.1) is 0 Å². The molecule has 0 radical (unpaired) electrons. The number of rotatable bonds is 8. The van der Waals surface area contributed by atoms with Crippen LogP contribution in [0.25, 0.3) is 0 Å². The van der Waals surface area contributed by atoms with Crippen molar-refractivity contribution in [1.29, 1.82) is 0 Å². The van der Waals surface area contributed by atoms with E-state index in [2.05, 4.69) is 17.2 Å². The molecule has 0 aliphatic heterocycles. The number of unbranched alkanes of at least 4 members (excludes halogenated alkanes) is 5. The molecule has 0 aromatic carbocycles. The third-order valence-corrected chi connectivity index (χ3v) is 2.83. The average Bonchev–Trinajstić information content (AvgIpc) is 2.37. The van der Waals surface area contributed by atoms with Gasteiger partial charge in [-0.1, -0.05) is 45.1 Å². The number of hydrogen-bond donors (Lipinski definition) is 2. The van der Waals surface area contributed by atoms with Crippen LogP contribution in [0.4, 0.5) is 0 Å². The molecule has 1 rings (SSSR count). The van der Waals surface area contributed by atoms with E-state index in [1.54, 1.807) is 12.1 Å². The van der Waals surface area contributed by atoms with E-state index < -0.39 is 0 Å². The standard InChI is InChI=1S/C14H22N2O2/c1-2-3-4-5-6-7-11-15-14(18)12-9-8-10-13(17)16-12/h8-10H,2-7,11H2,1H3,(H,15,18)(H,16,17). The molecular weight excluding hydrogens is 228 g/mol. The number of nitrogens with one attached hydrogen (secondary N) is 2. The number of carbonyl (C=O) groups is 1. The smallest absolute Gasteiger partial charge is 0.267 e. The van der Waals surface area contributed by atoms with Crippen molar-refractivity contribution in [3.05, 3.63) is 34.2 Å². The molecule has 0 aliphatic rings. The van der Waals surface area contributed by atoms with Crippen LogP contribution < -0.4 is 10.9 Å². The van der Waals surface area contributed by atoms with E-state index in [1.807, 2.05) is 0 Å². The van der Waals surface area contributed by atoms with Crippen LogP contribution in [0.2, 0.25) is 0 Å². The Morgan fingerprint density at radius 1 is 1.17 bits per heavy atom. The molecule has 1 heterocycles. The van der Waals surface area contributed by atoms with Crippen molar-refractivity contribution >= 4 is 5.91 Å². The zero-order valence-corrected chi connectivity index (χ0v) is 11.0. The van der Waals surface area contributed by atoms with E-state index >= 15 is 0 Å². The fourth-order valence-electron chi connectivity index (χ4n) is 1.78. The van der Waals surface area contributed by atoms with Gasteiger partial charge in [0.15, 0.2) is 0 Å². The number of aromatic amines is 1. The number of hydrogen-bond acceptors (Lipinski definition) is 2. The quantitative estimate of drug-likeness (QED) is 0.696. The largest absolute Gasteiger partial charge is 0.351 e. The van der Waals surface area contributed by atoms with E-state index in [9.17, 15) is 9.59 Å². The number of pyridine rings is 1. The second-order valence-electron chi connectivity index (χ2n) is 4.45. The number of H-pyrrole nitrogens is 1. The van der Waals surface area contributed by atoms with Crippen LogP contribution in [0.5, 0.6) is 0 Å². The minimum atomic E-state index is -0.248. The summed E-state index contributed by atoms with van der Waals surface area (Å²) in [5.74, 6) is -0.207. The van der Waals surface area contributed by atoms with Crippen LogP contribution in [0.15, 0.2) is 23.0 Å². The summed E-state index contributed by atoms with van der Waals surface area (Å²) in [6.45, 7) is 2.86. The van der Waals surface area contributed by atoms with Gasteiger partial charge in [-0.2, -0.15) is 0 Å². The number of amides is 1. The number of carbonyl (C=O) groups excluding carboxylic acids is 1. The maximum atomic E-state index is 11.7. The normalized spacial score (nSPS) is 10.3. The van der Waals surface area contributed by atoms with Gasteiger partial charge < -0.3 is 10.3 Å². The Hall–Kier alpha value is -1.58. The molecule has 1 amide bonds. The van der Waals surface area contributed by atoms with E-state index in [4.69, 9.17) is 0 Å². The SMILES string of the molecule is CCCCCCCCNC(=O)c1cccc(=O)[nH]1. The predicted octanol–water partition coefficient (Wildman–Crippen LogP) is 2.47. The Morgan fingerprint density at radius 2 is 1.89 bits per heavy atom. The highest BCUT2D eigenvalue weighted by Gasteiger charge is 2.04. The molecule has 0 bridgehead atoms. The molecule has 2 N–H and O–H groups in total. The molecule has 1 aromatic heterocycles. The van der Waals surface area contributed by atoms with Gasteiger partial charge in [0, 0.05) is 12.6 Å². The molecule has 18 heavy (non-hydrogen) atoms. The van der Waals surface area contributed by atoms with Crippen LogP contribution in [-0.2, 0) is 0 Å². The van der Waals surface area contributed by atoms with Crippen molar-refractivity contribution in [3.63, 3.8) is 0 Å². The highest BCUT2D eigenvalue weighted by Crippen LogP contribution is 2.04. The van der Waals surface area contributed by atoms with E-state index in [0.29, 0.717) is 12.2 Å². The van der Waals surface area contributed by atoms with Gasteiger partial charge in [0.2, 0.25) is 5.56 Å². The Labute approximate surface area is 108 Å². The monoisotopic (exact) mass is 250 g/mol. The van der Waals surface area contributed by atoms with Gasteiger partial charge >= 0.3 is 0 Å². The highest BCUT2D eigenvalue weighted by molar-refractivity contribution is 5.92. The molecule has 0 fully saturated rings. The van der Waals surface area contributed by atoms with Gasteiger partial charge in [-0.3, -0.25) is 9.59 Å². The number of aromatic nitrogens is 1. The van der Waals surface area contributed by atoms with Crippen LogP contribution in [0.1, 0.15) is 55.9 Å². The fraction of sp³-hybridized carbons (Fsp3) is 0.571. The zero-order chi connectivity index (χ0) is 13.2. The van der Waals surface area contributed by atoms with Crippen LogP contribution in [-0.4, -0.2) is 17.4 Å². The highest BCUT2D eigenvalue weighted by atomic mass is 16.2. The Morgan fingerprint density at radius 3 is 2.61 bits per heavy atom. The molecule has 0 spiro atoms. The van der Waals surface area contributed by atoms with Crippen molar-refractivity contribution < 1.29 is 4.79 Å². The first-order valence-electron chi connectivity index (χ1n) is 6.71. The summed E-state index contributed by atoms with van der Waals surface area (Å²) in [7, 11) is 0. The van der Waals surface area contributed by atoms with Gasteiger partial charge in [-0.25, -0.2) is 0 Å². The maximum Gasteiger partial charge on any atom is 0.267 e. The molecule has 0 saturated heterocycles. The molecule has 4 nitrogen and oxygen atoms in total. The van der Waals surface area contributed by atoms with E-state index in [-0.39, 0.29) is 11.5 Å². The summed E-state index contributed by atoms with van der Waals surface area (Å²) in [6.07, 6.45) is 7.18. The third kappa shape index (κ3) is 5.66. The summed E-state index contributed by atoms with van der Waals surface area (Å²) in [6, 6.07) is 4.58. The second-order valence-corrected chi connectivity index (χ2v) is 4.45. The van der Waals surface area contributed by atoms with Crippen LogP contribution in [0.3, 0.4) is 0 Å². The lowest BCUT2D eigenvalue weighted by Crippen LogP contribution is -2.27. The van der Waals surface area contributed by atoms with E-state index in [1.165, 1.54) is 31.7 Å². The first kappa shape index (κ1) is 14.5. The lowest BCUT2D eigenvalue weighted by atomic mass is 10.1. The van der Waals surface area contributed by atoms with Crippen molar-refractivity contribution in [3.8, 4) is 0 Å². The topological polar surface area (TPSA) is 62.0 Å². The van der Waals surface area contributed by atoms with Gasteiger partial charge in [-0.15, -0.1) is 0 Å². The van der Waals surface area contributed by atoms with Crippen molar-refractivity contribution in [2.45, 2.75) is 45.4 Å². The van der Waals surface area contributed by atoms with Gasteiger partial charge in [0.25, 0.3) is 5.91 Å². The average molecular weight is 250 g/mol. The molecule has 4 heteroatoms. The second kappa shape index (κ2) is 8.50. The third-order valence-electron chi connectivity index (χ3n) is 2.83. The first-order chi connectivity index (χ1) is 8.74. The van der Waals surface area contributed by atoms with Gasteiger partial charge in [0.05, 0.1) is 0 Å². The first-order valence-corrected chi connectivity index (χ1v) is 6.71. The van der Waals surface area contributed by atoms with Crippen LogP contribution >= 0.6 is 0 Å². The minimum absolute atomic E-state index is 0.207. The summed E-state index contributed by atoms with van der Waals surface area (Å²) in [5.41, 5.74) is 0.0794. The molecular formula is C14H22N2O2. The van der Waals surface area contributed by atoms with Crippen molar-refractivity contribution in [1.82, 2.24) is 10.3 Å². The molecule has 0 saturated carbocycles. The molecule has 1 aromatic rings. The summed E-state index contributed by atoms with van der Waals surface area (Å²) in [5, 5.41) is 2.81. The molecule has 0 aliphatic carbocycles. The Kier molecular flexibility index (Phi) is 6.84. The summed E-state index contributed by atoms with van der Waals surface area (Å²) in [4.78, 5) is 25.2. The van der Waals surface area contributed by atoms with Crippen molar-refractivity contribution in [2.24, 2.45) is 0 Å². The zero-order valence-electron chi connectivity index (χ0n) is 11.0. The Balaban J connectivity index is 2.16. The minimum Gasteiger partial charge on any atom is -0.351 e.